The number of carbonyl (C=O) groups is 1. The van der Waals surface area contributed by atoms with Crippen molar-refractivity contribution >= 4 is 5.91 Å². The summed E-state index contributed by atoms with van der Waals surface area (Å²) in [5, 5.41) is 3.03. The van der Waals surface area contributed by atoms with Crippen LogP contribution in [0.25, 0.3) is 0 Å². The van der Waals surface area contributed by atoms with E-state index in [1.807, 2.05) is 30.3 Å². The molecule has 0 heterocycles. The van der Waals surface area contributed by atoms with Crippen LogP contribution in [0.1, 0.15) is 69.9 Å². The monoisotopic (exact) mass is 290 g/mol. The van der Waals surface area contributed by atoms with Gasteiger partial charge in [-0.1, -0.05) is 75.8 Å². The number of carbonyl (C=O) groups excluding carboxylic acids is 1. The maximum atomic E-state index is 12.0. The second-order valence-electron chi connectivity index (χ2n) is 5.64. The Morgan fingerprint density at radius 3 is 2.29 bits per heavy atom. The number of nitrogens with two attached hydrogens (primary N) is 1. The molecule has 0 spiro atoms. The smallest absolute Gasteiger partial charge is 0.220 e. The Balaban J connectivity index is 2.17. The number of benzene rings is 1. The van der Waals surface area contributed by atoms with Gasteiger partial charge in [0.2, 0.25) is 5.91 Å². The van der Waals surface area contributed by atoms with Crippen molar-refractivity contribution in [1.29, 1.82) is 0 Å². The third-order valence-corrected chi connectivity index (χ3v) is 3.78. The Morgan fingerprint density at radius 2 is 1.67 bits per heavy atom. The molecule has 0 aromatic heterocycles. The van der Waals surface area contributed by atoms with Crippen LogP contribution in [0.5, 0.6) is 0 Å². The van der Waals surface area contributed by atoms with E-state index in [2.05, 4.69) is 12.2 Å². The molecule has 1 amide bonds. The van der Waals surface area contributed by atoms with Crippen molar-refractivity contribution in [3.05, 3.63) is 35.9 Å². The van der Waals surface area contributed by atoms with Crippen LogP contribution in [0, 0.1) is 0 Å². The molecule has 0 unspecified atom stereocenters. The van der Waals surface area contributed by atoms with Gasteiger partial charge in [0.1, 0.15) is 0 Å². The zero-order chi connectivity index (χ0) is 15.3. The van der Waals surface area contributed by atoms with E-state index in [4.69, 9.17) is 5.73 Å². The molecular weight excluding hydrogens is 260 g/mol. The van der Waals surface area contributed by atoms with Crippen molar-refractivity contribution in [2.24, 2.45) is 5.73 Å². The van der Waals surface area contributed by atoms with Crippen LogP contribution in [-0.2, 0) is 4.79 Å². The van der Waals surface area contributed by atoms with Gasteiger partial charge in [0.15, 0.2) is 0 Å². The summed E-state index contributed by atoms with van der Waals surface area (Å²) in [4.78, 5) is 12.0. The van der Waals surface area contributed by atoms with Crippen LogP contribution in [-0.4, -0.2) is 12.5 Å². The average Bonchev–Trinajstić information content (AvgIpc) is 2.52. The highest BCUT2D eigenvalue weighted by Crippen LogP contribution is 2.12. The fourth-order valence-electron chi connectivity index (χ4n) is 2.47. The average molecular weight is 290 g/mol. The highest BCUT2D eigenvalue weighted by molar-refractivity contribution is 5.76. The Bertz CT molecular complexity index is 378. The van der Waals surface area contributed by atoms with E-state index in [0.717, 1.165) is 18.4 Å². The van der Waals surface area contributed by atoms with E-state index in [0.29, 0.717) is 13.0 Å². The lowest BCUT2D eigenvalue weighted by Gasteiger charge is -2.17. The SMILES string of the molecule is CCCCCCCCCC(=O)N[C@H](CN)c1ccccc1. The lowest BCUT2D eigenvalue weighted by atomic mass is 10.1. The quantitative estimate of drug-likeness (QED) is 0.606. The molecular formula is C18H30N2O. The van der Waals surface area contributed by atoms with Crippen molar-refractivity contribution in [3.63, 3.8) is 0 Å². The summed E-state index contributed by atoms with van der Waals surface area (Å²) in [5.74, 6) is 0.114. The molecule has 3 heteroatoms. The van der Waals surface area contributed by atoms with Gasteiger partial charge in [-0.15, -0.1) is 0 Å². The standard InChI is InChI=1S/C18H30N2O/c1-2-3-4-5-6-7-11-14-18(21)20-17(15-19)16-12-9-8-10-13-16/h8-10,12-13,17H,2-7,11,14-15,19H2,1H3,(H,20,21)/t17-/m1/s1. The van der Waals surface area contributed by atoms with Crippen LogP contribution in [0.3, 0.4) is 0 Å². The molecule has 3 nitrogen and oxygen atoms in total. The molecule has 0 aliphatic heterocycles. The summed E-state index contributed by atoms with van der Waals surface area (Å²) in [6.45, 7) is 2.66. The first-order valence-corrected chi connectivity index (χ1v) is 8.32. The van der Waals surface area contributed by atoms with Crippen LogP contribution < -0.4 is 11.1 Å². The van der Waals surface area contributed by atoms with E-state index >= 15 is 0 Å². The topological polar surface area (TPSA) is 55.1 Å². The maximum absolute atomic E-state index is 12.0. The van der Waals surface area contributed by atoms with Crippen molar-refractivity contribution in [3.8, 4) is 0 Å². The zero-order valence-corrected chi connectivity index (χ0v) is 13.3. The molecule has 0 saturated carbocycles. The molecule has 0 saturated heterocycles. The summed E-state index contributed by atoms with van der Waals surface area (Å²) >= 11 is 0. The molecule has 0 radical (unpaired) electrons. The fourth-order valence-corrected chi connectivity index (χ4v) is 2.47. The van der Waals surface area contributed by atoms with Gasteiger partial charge in [0.05, 0.1) is 6.04 Å². The van der Waals surface area contributed by atoms with Gasteiger partial charge in [-0.25, -0.2) is 0 Å². The van der Waals surface area contributed by atoms with Crippen LogP contribution >= 0.6 is 0 Å². The Hall–Kier alpha value is -1.35. The summed E-state index contributed by atoms with van der Waals surface area (Å²) in [6, 6.07) is 9.86. The van der Waals surface area contributed by atoms with Gasteiger partial charge >= 0.3 is 0 Å². The van der Waals surface area contributed by atoms with Crippen molar-refractivity contribution in [2.75, 3.05) is 6.54 Å². The number of hydrogen-bond donors (Lipinski definition) is 2. The second-order valence-corrected chi connectivity index (χ2v) is 5.64. The summed E-state index contributed by atoms with van der Waals surface area (Å²) < 4.78 is 0. The Labute approximate surface area is 129 Å². The van der Waals surface area contributed by atoms with Crippen LogP contribution in [0.15, 0.2) is 30.3 Å². The third kappa shape index (κ3) is 7.86. The van der Waals surface area contributed by atoms with E-state index in [1.165, 1.54) is 32.1 Å². The molecule has 1 aromatic carbocycles. The highest BCUT2D eigenvalue weighted by atomic mass is 16.1. The van der Waals surface area contributed by atoms with E-state index in [1.54, 1.807) is 0 Å². The highest BCUT2D eigenvalue weighted by Gasteiger charge is 2.11. The number of hydrogen-bond acceptors (Lipinski definition) is 2. The van der Waals surface area contributed by atoms with Gasteiger partial charge in [-0.3, -0.25) is 4.79 Å². The van der Waals surface area contributed by atoms with E-state index < -0.39 is 0 Å². The normalized spacial score (nSPS) is 12.1. The van der Waals surface area contributed by atoms with Gasteiger partial charge in [-0.05, 0) is 12.0 Å². The van der Waals surface area contributed by atoms with E-state index in [-0.39, 0.29) is 11.9 Å². The molecule has 0 aliphatic rings. The number of amides is 1. The molecule has 1 aromatic rings. The molecule has 0 bridgehead atoms. The summed E-state index contributed by atoms with van der Waals surface area (Å²) in [7, 11) is 0. The van der Waals surface area contributed by atoms with Crippen LogP contribution in [0.2, 0.25) is 0 Å². The molecule has 1 atom stereocenters. The first kappa shape index (κ1) is 17.7. The number of rotatable bonds is 11. The number of unbranched alkanes of at least 4 members (excludes halogenated alkanes) is 6. The Kier molecular flexibility index (Phi) is 9.55. The third-order valence-electron chi connectivity index (χ3n) is 3.78. The predicted molar refractivity (Wildman–Crippen MR) is 89.0 cm³/mol. The van der Waals surface area contributed by atoms with Gasteiger partial charge in [-0.2, -0.15) is 0 Å². The Morgan fingerprint density at radius 1 is 1.05 bits per heavy atom. The van der Waals surface area contributed by atoms with Crippen molar-refractivity contribution < 1.29 is 4.79 Å². The number of nitrogens with one attached hydrogen (secondary N) is 1. The summed E-state index contributed by atoms with van der Waals surface area (Å²) in [6.07, 6.45) is 9.21. The largest absolute Gasteiger partial charge is 0.348 e. The maximum Gasteiger partial charge on any atom is 0.220 e. The minimum atomic E-state index is -0.0664. The summed E-state index contributed by atoms with van der Waals surface area (Å²) in [5.41, 5.74) is 6.84. The first-order chi connectivity index (χ1) is 10.3. The molecule has 21 heavy (non-hydrogen) atoms. The molecule has 118 valence electrons. The van der Waals surface area contributed by atoms with Gasteiger partial charge in [0, 0.05) is 13.0 Å². The molecule has 0 aliphatic carbocycles. The second kappa shape index (κ2) is 11.3. The lowest BCUT2D eigenvalue weighted by molar-refractivity contribution is -0.121. The van der Waals surface area contributed by atoms with Crippen molar-refractivity contribution in [1.82, 2.24) is 5.32 Å². The van der Waals surface area contributed by atoms with Crippen molar-refractivity contribution in [2.45, 2.75) is 64.3 Å². The molecule has 1 rings (SSSR count). The lowest BCUT2D eigenvalue weighted by Crippen LogP contribution is -2.33. The fraction of sp³-hybridized carbons (Fsp3) is 0.611. The van der Waals surface area contributed by atoms with Gasteiger partial charge < -0.3 is 11.1 Å². The first-order valence-electron chi connectivity index (χ1n) is 8.32. The molecule has 3 N–H and O–H groups in total. The zero-order valence-electron chi connectivity index (χ0n) is 13.3. The van der Waals surface area contributed by atoms with E-state index in [9.17, 15) is 4.79 Å². The van der Waals surface area contributed by atoms with Gasteiger partial charge in [0.25, 0.3) is 0 Å². The minimum Gasteiger partial charge on any atom is -0.348 e. The van der Waals surface area contributed by atoms with Crippen LogP contribution in [0.4, 0.5) is 0 Å². The molecule has 0 fully saturated rings. The minimum absolute atomic E-state index is 0.0664. The predicted octanol–water partition coefficient (Wildman–Crippen LogP) is 3.94.